The van der Waals surface area contributed by atoms with Crippen LogP contribution in [0.3, 0.4) is 0 Å². The molecular formula is C8H18N2OS. The van der Waals surface area contributed by atoms with Crippen LogP contribution in [0.4, 0.5) is 0 Å². The van der Waals surface area contributed by atoms with Crippen molar-refractivity contribution >= 4 is 18.5 Å². The number of amides is 1. The van der Waals surface area contributed by atoms with Crippen LogP contribution in [-0.4, -0.2) is 42.7 Å². The van der Waals surface area contributed by atoms with E-state index in [4.69, 9.17) is 0 Å². The second-order valence-electron chi connectivity index (χ2n) is 3.35. The fourth-order valence-corrected chi connectivity index (χ4v) is 1.03. The van der Waals surface area contributed by atoms with Gasteiger partial charge in [0.25, 0.3) is 0 Å². The van der Waals surface area contributed by atoms with Crippen molar-refractivity contribution < 1.29 is 4.79 Å². The largest absolute Gasteiger partial charge is 0.351 e. The normalized spacial score (nSPS) is 15.8. The summed E-state index contributed by atoms with van der Waals surface area (Å²) in [5, 5.41) is 2.63. The molecule has 0 aromatic heterocycles. The molecule has 0 aliphatic carbocycles. The maximum atomic E-state index is 11.1. The van der Waals surface area contributed by atoms with Crippen LogP contribution >= 0.6 is 12.6 Å². The molecule has 12 heavy (non-hydrogen) atoms. The Labute approximate surface area is 79.9 Å². The van der Waals surface area contributed by atoms with Crippen molar-refractivity contribution in [3.63, 3.8) is 0 Å². The molecule has 0 bridgehead atoms. The van der Waals surface area contributed by atoms with Gasteiger partial charge >= 0.3 is 0 Å². The number of nitrogens with zero attached hydrogens (tertiary/aromatic N) is 1. The highest BCUT2D eigenvalue weighted by atomic mass is 32.1. The van der Waals surface area contributed by atoms with Crippen molar-refractivity contribution in [1.29, 1.82) is 0 Å². The maximum absolute atomic E-state index is 11.1. The maximum Gasteiger partial charge on any atom is 0.232 e. The third-order valence-electron chi connectivity index (χ3n) is 1.41. The average Bonchev–Trinajstić information content (AvgIpc) is 1.84. The fraction of sp³-hybridized carbons (Fsp3) is 0.875. The van der Waals surface area contributed by atoms with E-state index in [0.717, 1.165) is 6.54 Å². The minimum absolute atomic E-state index is 0.00677. The Kier molecular flexibility index (Phi) is 5.33. The predicted molar refractivity (Wildman–Crippen MR) is 54.6 cm³/mol. The Balaban J connectivity index is 3.69. The highest BCUT2D eigenvalue weighted by Crippen LogP contribution is 1.93. The third kappa shape index (κ3) is 5.43. The fourth-order valence-electron chi connectivity index (χ4n) is 0.957. The van der Waals surface area contributed by atoms with Crippen molar-refractivity contribution in [3.8, 4) is 0 Å². The first-order chi connectivity index (χ1) is 5.43. The Morgan fingerprint density at radius 2 is 2.00 bits per heavy atom. The lowest BCUT2D eigenvalue weighted by Gasteiger charge is -2.19. The minimum atomic E-state index is -0.227. The summed E-state index contributed by atoms with van der Waals surface area (Å²) in [5.74, 6) is -0.00677. The summed E-state index contributed by atoms with van der Waals surface area (Å²) in [4.78, 5) is 13.2. The lowest BCUT2D eigenvalue weighted by molar-refractivity contribution is -0.120. The van der Waals surface area contributed by atoms with Crippen LogP contribution in [0.1, 0.15) is 13.8 Å². The second-order valence-corrected chi connectivity index (χ2v) is 4.12. The molecule has 1 N–H and O–H groups in total. The van der Waals surface area contributed by atoms with E-state index >= 15 is 0 Å². The number of hydrogen-bond acceptors (Lipinski definition) is 3. The zero-order valence-corrected chi connectivity index (χ0v) is 9.06. The molecule has 0 aromatic carbocycles. The van der Waals surface area contributed by atoms with Gasteiger partial charge in [-0.2, -0.15) is 12.6 Å². The van der Waals surface area contributed by atoms with Gasteiger partial charge in [0.05, 0.1) is 5.25 Å². The Bertz CT molecular complexity index is 148. The van der Waals surface area contributed by atoms with Crippen LogP contribution in [-0.2, 0) is 4.79 Å². The van der Waals surface area contributed by atoms with Crippen LogP contribution in [0.2, 0.25) is 0 Å². The Hall–Kier alpha value is -0.220. The molecule has 0 rings (SSSR count). The lowest BCUT2D eigenvalue weighted by atomic mass is 10.3. The van der Waals surface area contributed by atoms with Crippen molar-refractivity contribution in [1.82, 2.24) is 10.2 Å². The summed E-state index contributed by atoms with van der Waals surface area (Å²) in [6.45, 7) is 4.60. The van der Waals surface area contributed by atoms with E-state index in [-0.39, 0.29) is 17.2 Å². The standard InChI is InChI=1S/C8H18N2OS/c1-6(5-10(3)4)9-8(11)7(2)12/h6-7,12H,5H2,1-4H3,(H,9,11). The topological polar surface area (TPSA) is 32.3 Å². The SMILES string of the molecule is CC(CN(C)C)NC(=O)C(C)S. The molecule has 1 amide bonds. The van der Waals surface area contributed by atoms with Gasteiger partial charge in [0.15, 0.2) is 0 Å². The molecule has 2 atom stereocenters. The van der Waals surface area contributed by atoms with Gasteiger partial charge < -0.3 is 10.2 Å². The molecule has 4 heteroatoms. The molecule has 3 nitrogen and oxygen atoms in total. The molecule has 72 valence electrons. The van der Waals surface area contributed by atoms with Gasteiger partial charge in [-0.25, -0.2) is 0 Å². The quantitative estimate of drug-likeness (QED) is 0.628. The van der Waals surface area contributed by atoms with E-state index in [0.29, 0.717) is 0 Å². The summed E-state index contributed by atoms with van der Waals surface area (Å²) in [6, 6.07) is 0.182. The van der Waals surface area contributed by atoms with E-state index < -0.39 is 0 Å². The second kappa shape index (κ2) is 5.43. The number of hydrogen-bond donors (Lipinski definition) is 2. The van der Waals surface area contributed by atoms with E-state index in [2.05, 4.69) is 17.9 Å². The molecule has 2 unspecified atom stereocenters. The van der Waals surface area contributed by atoms with E-state index in [1.165, 1.54) is 0 Å². The predicted octanol–water partition coefficient (Wildman–Crippen LogP) is 0.371. The van der Waals surface area contributed by atoms with Crippen molar-refractivity contribution in [3.05, 3.63) is 0 Å². The van der Waals surface area contributed by atoms with Crippen LogP contribution in [0.15, 0.2) is 0 Å². The van der Waals surface area contributed by atoms with Crippen LogP contribution in [0.25, 0.3) is 0 Å². The first-order valence-electron chi connectivity index (χ1n) is 4.06. The molecule has 0 aromatic rings. The summed E-state index contributed by atoms with van der Waals surface area (Å²) < 4.78 is 0. The molecule has 0 spiro atoms. The highest BCUT2D eigenvalue weighted by molar-refractivity contribution is 7.81. The molecule has 0 heterocycles. The molecule has 0 radical (unpaired) electrons. The summed E-state index contributed by atoms with van der Waals surface area (Å²) in [7, 11) is 3.96. The van der Waals surface area contributed by atoms with E-state index in [1.54, 1.807) is 6.92 Å². The minimum Gasteiger partial charge on any atom is -0.351 e. The van der Waals surface area contributed by atoms with Gasteiger partial charge in [-0.1, -0.05) is 0 Å². The number of thiol groups is 1. The molecule has 0 fully saturated rings. The average molecular weight is 190 g/mol. The monoisotopic (exact) mass is 190 g/mol. The van der Waals surface area contributed by atoms with Crippen molar-refractivity contribution in [2.24, 2.45) is 0 Å². The number of likely N-dealkylation sites (N-methyl/N-ethyl adjacent to an activating group) is 1. The first kappa shape index (κ1) is 11.8. The van der Waals surface area contributed by atoms with Gasteiger partial charge in [0.1, 0.15) is 0 Å². The van der Waals surface area contributed by atoms with Crippen molar-refractivity contribution in [2.75, 3.05) is 20.6 Å². The number of carbonyl (C=O) groups excluding carboxylic acids is 1. The Morgan fingerprint density at radius 1 is 1.50 bits per heavy atom. The van der Waals surface area contributed by atoms with Crippen molar-refractivity contribution in [2.45, 2.75) is 25.1 Å². The molecule has 0 saturated carbocycles. The molecule has 0 saturated heterocycles. The van der Waals surface area contributed by atoms with E-state index in [1.807, 2.05) is 25.9 Å². The lowest BCUT2D eigenvalue weighted by Crippen LogP contribution is -2.42. The molecule has 0 aliphatic rings. The Morgan fingerprint density at radius 3 is 2.33 bits per heavy atom. The van der Waals surface area contributed by atoms with Gasteiger partial charge in [0, 0.05) is 12.6 Å². The molecule has 0 aliphatic heterocycles. The number of nitrogens with one attached hydrogen (secondary N) is 1. The summed E-state index contributed by atoms with van der Waals surface area (Å²) in [5.41, 5.74) is 0. The summed E-state index contributed by atoms with van der Waals surface area (Å²) in [6.07, 6.45) is 0. The zero-order valence-electron chi connectivity index (χ0n) is 8.16. The first-order valence-corrected chi connectivity index (χ1v) is 4.58. The van der Waals surface area contributed by atoms with Gasteiger partial charge in [0.2, 0.25) is 5.91 Å². The summed E-state index contributed by atoms with van der Waals surface area (Å²) >= 11 is 4.03. The zero-order chi connectivity index (χ0) is 9.72. The number of rotatable bonds is 4. The van der Waals surface area contributed by atoms with Crippen LogP contribution < -0.4 is 5.32 Å². The highest BCUT2D eigenvalue weighted by Gasteiger charge is 2.11. The van der Waals surface area contributed by atoms with E-state index in [9.17, 15) is 4.79 Å². The van der Waals surface area contributed by atoms with Gasteiger partial charge in [-0.15, -0.1) is 0 Å². The smallest absolute Gasteiger partial charge is 0.232 e. The van der Waals surface area contributed by atoms with Gasteiger partial charge in [-0.05, 0) is 27.9 Å². The third-order valence-corrected chi connectivity index (χ3v) is 1.64. The van der Waals surface area contributed by atoms with Crippen LogP contribution in [0, 0.1) is 0 Å². The van der Waals surface area contributed by atoms with Gasteiger partial charge in [-0.3, -0.25) is 4.79 Å². The molecular weight excluding hydrogens is 172 g/mol. The van der Waals surface area contributed by atoms with Crippen LogP contribution in [0.5, 0.6) is 0 Å². The number of carbonyl (C=O) groups is 1.